The number of carbonyl (C=O) groups excluding carboxylic acids is 1. The van der Waals surface area contributed by atoms with Crippen molar-refractivity contribution in [2.24, 2.45) is 0 Å². The molecule has 0 bridgehead atoms. The van der Waals surface area contributed by atoms with Crippen LogP contribution in [-0.2, 0) is 9.22 Å². The van der Waals surface area contributed by atoms with Gasteiger partial charge in [0.05, 0.1) is 6.54 Å². The normalized spacial score (nSPS) is 12.3. The van der Waals surface area contributed by atoms with Gasteiger partial charge in [-0.25, -0.2) is 0 Å². The summed E-state index contributed by atoms with van der Waals surface area (Å²) < 4.78 is 6.90. The maximum Gasteiger partial charge on any atom is 0.261 e. The summed E-state index contributed by atoms with van der Waals surface area (Å²) >= 11 is 0. The summed E-state index contributed by atoms with van der Waals surface area (Å²) in [6.07, 6.45) is 2.64. The first-order valence-corrected chi connectivity index (χ1v) is 12.7. The van der Waals surface area contributed by atoms with Crippen molar-refractivity contribution >= 4 is 24.5 Å². The molecule has 0 aromatic heterocycles. The zero-order valence-corrected chi connectivity index (χ0v) is 19.8. The maximum absolute atomic E-state index is 11.6. The number of hydrogen-bond acceptors (Lipinski definition) is 3. The van der Waals surface area contributed by atoms with E-state index in [1.165, 1.54) is 10.4 Å². The van der Waals surface area contributed by atoms with E-state index < -0.39 is 8.32 Å². The fraction of sp³-hybridized carbons (Fsp3) is 0.480. The minimum absolute atomic E-state index is 0.0139. The van der Waals surface area contributed by atoms with Crippen molar-refractivity contribution in [3.8, 4) is 0 Å². The van der Waals surface area contributed by atoms with Crippen molar-refractivity contribution in [1.29, 1.82) is 0 Å². The first-order valence-electron chi connectivity index (χ1n) is 10.8. The molecule has 0 saturated heterocycles. The molecule has 0 aliphatic rings. The lowest BCUT2D eigenvalue weighted by Crippen LogP contribution is -2.66. The number of nitrogens with zero attached hydrogens (tertiary/aromatic N) is 1. The Morgan fingerprint density at radius 3 is 1.90 bits per heavy atom. The van der Waals surface area contributed by atoms with Crippen LogP contribution >= 0.6 is 0 Å². The third-order valence-electron chi connectivity index (χ3n) is 5.51. The monoisotopic (exact) mass is 411 g/mol. The summed E-state index contributed by atoms with van der Waals surface area (Å²) in [4.78, 5) is 13.7. The molecule has 158 valence electrons. The van der Waals surface area contributed by atoms with E-state index in [4.69, 9.17) is 4.43 Å². The number of benzene rings is 2. The van der Waals surface area contributed by atoms with Gasteiger partial charge in [0.25, 0.3) is 8.32 Å². The summed E-state index contributed by atoms with van der Waals surface area (Å²) in [6, 6.07) is 21.5. The zero-order chi connectivity index (χ0) is 21.3. The Morgan fingerprint density at radius 1 is 0.931 bits per heavy atom. The van der Waals surface area contributed by atoms with Gasteiger partial charge >= 0.3 is 0 Å². The Morgan fingerprint density at radius 2 is 1.45 bits per heavy atom. The van der Waals surface area contributed by atoms with E-state index in [2.05, 4.69) is 86.3 Å². The predicted octanol–water partition coefficient (Wildman–Crippen LogP) is 4.25. The van der Waals surface area contributed by atoms with E-state index in [9.17, 15) is 4.79 Å². The molecule has 0 unspecified atom stereocenters. The summed E-state index contributed by atoms with van der Waals surface area (Å²) in [5.41, 5.74) is 0. The van der Waals surface area contributed by atoms with Gasteiger partial charge in [-0.1, -0.05) is 88.4 Å². The SMILES string of the molecule is CCC(=O)CN(C)CCCCO[Si](c1ccccc1)(c1ccccc1)C(C)(C)C. The molecule has 29 heavy (non-hydrogen) atoms. The van der Waals surface area contributed by atoms with Crippen LogP contribution in [0.2, 0.25) is 5.04 Å². The molecule has 0 amide bonds. The van der Waals surface area contributed by atoms with Gasteiger partial charge in [-0.3, -0.25) is 9.69 Å². The highest BCUT2D eigenvalue weighted by Gasteiger charge is 2.49. The lowest BCUT2D eigenvalue weighted by molar-refractivity contribution is -0.119. The Balaban J connectivity index is 2.14. The molecule has 2 aromatic rings. The van der Waals surface area contributed by atoms with Crippen LogP contribution in [0.3, 0.4) is 0 Å². The molecule has 0 aliphatic heterocycles. The molecule has 0 N–H and O–H groups in total. The lowest BCUT2D eigenvalue weighted by atomic mass is 10.2. The van der Waals surface area contributed by atoms with Crippen molar-refractivity contribution in [2.75, 3.05) is 26.7 Å². The van der Waals surface area contributed by atoms with Gasteiger partial charge in [-0.15, -0.1) is 0 Å². The Labute approximate surface area is 178 Å². The van der Waals surface area contributed by atoms with Gasteiger partial charge in [0.1, 0.15) is 5.78 Å². The highest BCUT2D eigenvalue weighted by Crippen LogP contribution is 2.36. The average molecular weight is 412 g/mol. The quantitative estimate of drug-likeness (QED) is 0.409. The highest BCUT2D eigenvalue weighted by molar-refractivity contribution is 6.99. The summed E-state index contributed by atoms with van der Waals surface area (Å²) in [5, 5.41) is 2.66. The summed E-state index contributed by atoms with van der Waals surface area (Å²) in [6.45, 7) is 11.1. The van der Waals surface area contributed by atoms with E-state index in [-0.39, 0.29) is 5.04 Å². The van der Waals surface area contributed by atoms with Gasteiger partial charge in [-0.2, -0.15) is 0 Å². The zero-order valence-electron chi connectivity index (χ0n) is 18.8. The topological polar surface area (TPSA) is 29.5 Å². The van der Waals surface area contributed by atoms with Crippen LogP contribution in [0.25, 0.3) is 0 Å². The van der Waals surface area contributed by atoms with E-state index >= 15 is 0 Å². The molecule has 0 aliphatic carbocycles. The minimum Gasteiger partial charge on any atom is -0.407 e. The predicted molar refractivity (Wildman–Crippen MR) is 126 cm³/mol. The minimum atomic E-state index is -2.43. The molecule has 0 heterocycles. The Hall–Kier alpha value is -1.75. The first-order chi connectivity index (χ1) is 13.8. The van der Waals surface area contributed by atoms with E-state index in [0.29, 0.717) is 18.7 Å². The van der Waals surface area contributed by atoms with Crippen molar-refractivity contribution in [3.05, 3.63) is 60.7 Å². The van der Waals surface area contributed by atoms with E-state index in [0.717, 1.165) is 26.0 Å². The molecule has 2 aromatic carbocycles. The number of hydrogen-bond donors (Lipinski definition) is 0. The molecule has 0 atom stereocenters. The van der Waals surface area contributed by atoms with Crippen molar-refractivity contribution in [3.63, 3.8) is 0 Å². The number of unbranched alkanes of at least 4 members (excludes halogenated alkanes) is 1. The van der Waals surface area contributed by atoms with Crippen LogP contribution in [0, 0.1) is 0 Å². The third kappa shape index (κ3) is 6.11. The second kappa shape index (κ2) is 10.9. The number of rotatable bonds is 11. The van der Waals surface area contributed by atoms with Crippen LogP contribution in [-0.4, -0.2) is 45.7 Å². The van der Waals surface area contributed by atoms with Crippen LogP contribution in [0.4, 0.5) is 0 Å². The number of ketones is 1. The van der Waals surface area contributed by atoms with Crippen LogP contribution in [0.1, 0.15) is 47.0 Å². The molecule has 4 heteroatoms. The van der Waals surface area contributed by atoms with Gasteiger partial charge in [0.2, 0.25) is 0 Å². The molecule has 0 spiro atoms. The van der Waals surface area contributed by atoms with Crippen molar-refractivity contribution < 1.29 is 9.22 Å². The Kier molecular flexibility index (Phi) is 8.81. The molecule has 0 saturated carbocycles. The molecule has 0 radical (unpaired) electrons. The summed E-state index contributed by atoms with van der Waals surface area (Å²) in [5.74, 6) is 0.302. The lowest BCUT2D eigenvalue weighted by Gasteiger charge is -2.43. The number of carbonyl (C=O) groups is 1. The molecule has 0 fully saturated rings. The third-order valence-corrected chi connectivity index (χ3v) is 10.6. The fourth-order valence-corrected chi connectivity index (χ4v) is 8.57. The van der Waals surface area contributed by atoms with Gasteiger partial charge in [-0.05, 0) is 41.8 Å². The second-order valence-corrected chi connectivity index (χ2v) is 13.2. The number of likely N-dealkylation sites (N-methyl/N-ethyl adjacent to an activating group) is 1. The van der Waals surface area contributed by atoms with Crippen molar-refractivity contribution in [2.45, 2.75) is 52.0 Å². The molecule has 2 rings (SSSR count). The Bertz CT molecular complexity index is 701. The van der Waals surface area contributed by atoms with Gasteiger partial charge in [0, 0.05) is 13.0 Å². The van der Waals surface area contributed by atoms with Crippen LogP contribution in [0.15, 0.2) is 60.7 Å². The molecule has 3 nitrogen and oxygen atoms in total. The summed E-state index contributed by atoms with van der Waals surface area (Å²) in [7, 11) is -0.402. The maximum atomic E-state index is 11.6. The fourth-order valence-electron chi connectivity index (χ4n) is 3.96. The highest BCUT2D eigenvalue weighted by atomic mass is 28.4. The smallest absolute Gasteiger partial charge is 0.261 e. The largest absolute Gasteiger partial charge is 0.407 e. The van der Waals surface area contributed by atoms with E-state index in [1.54, 1.807) is 0 Å². The molecular weight excluding hydrogens is 374 g/mol. The first kappa shape index (κ1) is 23.5. The van der Waals surface area contributed by atoms with Gasteiger partial charge in [0.15, 0.2) is 0 Å². The van der Waals surface area contributed by atoms with Crippen molar-refractivity contribution in [1.82, 2.24) is 4.90 Å². The van der Waals surface area contributed by atoms with E-state index in [1.807, 2.05) is 14.0 Å². The average Bonchev–Trinajstić information content (AvgIpc) is 2.71. The van der Waals surface area contributed by atoms with Crippen LogP contribution < -0.4 is 10.4 Å². The van der Waals surface area contributed by atoms with Crippen LogP contribution in [0.5, 0.6) is 0 Å². The van der Waals surface area contributed by atoms with Gasteiger partial charge < -0.3 is 4.43 Å². The second-order valence-electron chi connectivity index (χ2n) is 8.85. The number of Topliss-reactive ketones (excluding diaryl/α,β-unsaturated/α-hetero) is 1. The molecular formula is C25H37NO2Si. The standard InChI is InChI=1S/C25H37NO2Si/c1-6-22(27)21-26(5)19-13-14-20-28-29(25(2,3)4,23-15-9-7-10-16-23)24-17-11-8-12-18-24/h7-12,15-18H,6,13-14,19-21H2,1-5H3.